The lowest BCUT2D eigenvalue weighted by Gasteiger charge is -2.12. The van der Waals surface area contributed by atoms with Crippen molar-refractivity contribution in [3.8, 4) is 0 Å². The van der Waals surface area contributed by atoms with Crippen molar-refractivity contribution < 1.29 is 12.8 Å². The SMILES string of the molecule is Cc1cccc(NS(=O)(=O)c2cc(N)ccc2F)c1Br. The zero-order valence-electron chi connectivity index (χ0n) is 10.5. The van der Waals surface area contributed by atoms with E-state index in [2.05, 4.69) is 20.7 Å². The first-order valence-electron chi connectivity index (χ1n) is 5.64. The predicted octanol–water partition coefficient (Wildman–Crippen LogP) is 3.28. The average Bonchev–Trinajstić information content (AvgIpc) is 2.37. The number of halogens is 2. The van der Waals surface area contributed by atoms with E-state index in [1.54, 1.807) is 12.1 Å². The summed E-state index contributed by atoms with van der Waals surface area (Å²) in [4.78, 5) is -0.481. The average molecular weight is 359 g/mol. The fraction of sp³-hybridized carbons (Fsp3) is 0.0769. The molecule has 0 aliphatic heterocycles. The standard InChI is InChI=1S/C13H12BrFN2O2S/c1-8-3-2-4-11(13(8)14)17-20(18,19)12-7-9(16)5-6-10(12)15/h2-7,17H,16H2,1H3. The van der Waals surface area contributed by atoms with Crippen LogP contribution in [0.3, 0.4) is 0 Å². The van der Waals surface area contributed by atoms with E-state index >= 15 is 0 Å². The molecule has 0 atom stereocenters. The van der Waals surface area contributed by atoms with Crippen LogP contribution in [0.15, 0.2) is 45.8 Å². The molecule has 3 N–H and O–H groups in total. The number of nitrogens with one attached hydrogen (secondary N) is 1. The van der Waals surface area contributed by atoms with E-state index in [4.69, 9.17) is 5.73 Å². The molecule has 0 aromatic heterocycles. The summed E-state index contributed by atoms with van der Waals surface area (Å²) in [6.45, 7) is 1.82. The van der Waals surface area contributed by atoms with Crippen LogP contribution < -0.4 is 10.5 Å². The van der Waals surface area contributed by atoms with Gasteiger partial charge in [0.05, 0.1) is 5.69 Å². The summed E-state index contributed by atoms with van der Waals surface area (Å²) in [5.74, 6) is -0.851. The first-order valence-corrected chi connectivity index (χ1v) is 7.92. The maximum absolute atomic E-state index is 13.7. The van der Waals surface area contributed by atoms with Gasteiger partial charge < -0.3 is 5.73 Å². The van der Waals surface area contributed by atoms with Crippen molar-refractivity contribution >= 4 is 37.3 Å². The van der Waals surface area contributed by atoms with Gasteiger partial charge in [0.15, 0.2) is 0 Å². The van der Waals surface area contributed by atoms with Crippen LogP contribution in [-0.2, 0) is 10.0 Å². The van der Waals surface area contributed by atoms with Crippen LogP contribution in [-0.4, -0.2) is 8.42 Å². The Morgan fingerprint density at radius 3 is 2.65 bits per heavy atom. The molecule has 0 fully saturated rings. The lowest BCUT2D eigenvalue weighted by atomic mass is 10.2. The van der Waals surface area contributed by atoms with Crippen molar-refractivity contribution in [3.63, 3.8) is 0 Å². The minimum Gasteiger partial charge on any atom is -0.399 e. The normalized spacial score (nSPS) is 11.3. The summed E-state index contributed by atoms with van der Waals surface area (Å²) >= 11 is 3.29. The van der Waals surface area contributed by atoms with Gasteiger partial charge in [-0.2, -0.15) is 0 Å². The number of hydrogen-bond donors (Lipinski definition) is 2. The van der Waals surface area contributed by atoms with Crippen LogP contribution in [0.4, 0.5) is 15.8 Å². The lowest BCUT2D eigenvalue weighted by molar-refractivity contribution is 0.570. The van der Waals surface area contributed by atoms with E-state index in [9.17, 15) is 12.8 Å². The molecule has 0 aliphatic rings. The summed E-state index contributed by atoms with van der Waals surface area (Å²) in [5, 5.41) is 0. The van der Waals surface area contributed by atoms with Gasteiger partial charge in [0.25, 0.3) is 10.0 Å². The molecule has 0 bridgehead atoms. The molecule has 4 nitrogen and oxygen atoms in total. The van der Waals surface area contributed by atoms with Gasteiger partial charge in [-0.1, -0.05) is 12.1 Å². The Bertz CT molecular complexity index is 763. The van der Waals surface area contributed by atoms with Gasteiger partial charge in [-0.15, -0.1) is 0 Å². The molecule has 2 rings (SSSR count). The van der Waals surface area contributed by atoms with Gasteiger partial charge in [0.2, 0.25) is 0 Å². The van der Waals surface area contributed by atoms with Crippen LogP contribution in [0.1, 0.15) is 5.56 Å². The van der Waals surface area contributed by atoms with Gasteiger partial charge in [0.1, 0.15) is 10.7 Å². The molecule has 0 heterocycles. The van der Waals surface area contributed by atoms with Crippen LogP contribution in [0, 0.1) is 12.7 Å². The molecule has 0 spiro atoms. The van der Waals surface area contributed by atoms with Crippen molar-refractivity contribution in [3.05, 3.63) is 52.3 Å². The topological polar surface area (TPSA) is 72.2 Å². The molecule has 20 heavy (non-hydrogen) atoms. The molecular weight excluding hydrogens is 347 g/mol. The summed E-state index contributed by atoms with van der Waals surface area (Å²) < 4.78 is 41.0. The van der Waals surface area contributed by atoms with Gasteiger partial charge in [0, 0.05) is 10.2 Å². The Morgan fingerprint density at radius 1 is 1.25 bits per heavy atom. The number of hydrogen-bond acceptors (Lipinski definition) is 3. The van der Waals surface area contributed by atoms with E-state index in [1.807, 2.05) is 13.0 Å². The first kappa shape index (κ1) is 14.8. The zero-order valence-corrected chi connectivity index (χ0v) is 12.9. The molecule has 2 aromatic carbocycles. The fourth-order valence-corrected chi connectivity index (χ4v) is 3.33. The Hall–Kier alpha value is -1.60. The number of rotatable bonds is 3. The Balaban J connectivity index is 2.46. The Morgan fingerprint density at radius 2 is 1.95 bits per heavy atom. The molecule has 0 saturated heterocycles. The quantitative estimate of drug-likeness (QED) is 0.827. The molecule has 7 heteroatoms. The van der Waals surface area contributed by atoms with E-state index in [1.165, 1.54) is 6.07 Å². The lowest BCUT2D eigenvalue weighted by Crippen LogP contribution is -2.15. The predicted molar refractivity (Wildman–Crippen MR) is 80.5 cm³/mol. The molecule has 0 saturated carbocycles. The van der Waals surface area contributed by atoms with Crippen molar-refractivity contribution in [2.24, 2.45) is 0 Å². The summed E-state index contributed by atoms with van der Waals surface area (Å²) in [5.41, 5.74) is 6.88. The highest BCUT2D eigenvalue weighted by Gasteiger charge is 2.20. The maximum Gasteiger partial charge on any atom is 0.264 e. The van der Waals surface area contributed by atoms with Crippen LogP contribution >= 0.6 is 15.9 Å². The fourth-order valence-electron chi connectivity index (χ4n) is 1.65. The number of anilines is 2. The van der Waals surface area contributed by atoms with Crippen molar-refractivity contribution in [2.45, 2.75) is 11.8 Å². The summed E-state index contributed by atoms with van der Waals surface area (Å²) in [6, 6.07) is 8.52. The van der Waals surface area contributed by atoms with Crippen molar-refractivity contribution in [1.82, 2.24) is 0 Å². The van der Waals surface area contributed by atoms with E-state index < -0.39 is 20.7 Å². The number of sulfonamides is 1. The van der Waals surface area contributed by atoms with E-state index in [0.29, 0.717) is 10.2 Å². The number of aryl methyl sites for hydroxylation is 1. The van der Waals surface area contributed by atoms with Crippen LogP contribution in [0.2, 0.25) is 0 Å². The van der Waals surface area contributed by atoms with Crippen LogP contribution in [0.25, 0.3) is 0 Å². The largest absolute Gasteiger partial charge is 0.399 e. The Labute approximate surface area is 125 Å². The van der Waals surface area contributed by atoms with Gasteiger partial charge in [-0.05, 0) is 52.7 Å². The molecule has 0 unspecified atom stereocenters. The van der Waals surface area contributed by atoms with Gasteiger partial charge in [-0.25, -0.2) is 12.8 Å². The monoisotopic (exact) mass is 358 g/mol. The molecule has 0 radical (unpaired) electrons. The van der Waals surface area contributed by atoms with E-state index in [-0.39, 0.29) is 5.69 Å². The minimum absolute atomic E-state index is 0.176. The molecule has 0 aliphatic carbocycles. The highest BCUT2D eigenvalue weighted by Crippen LogP contribution is 2.28. The number of nitrogen functional groups attached to an aromatic ring is 1. The molecular formula is C13H12BrFN2O2S. The third-order valence-electron chi connectivity index (χ3n) is 2.68. The zero-order chi connectivity index (χ0) is 14.9. The smallest absolute Gasteiger partial charge is 0.264 e. The van der Waals surface area contributed by atoms with Crippen molar-refractivity contribution in [1.29, 1.82) is 0 Å². The second kappa shape index (κ2) is 5.41. The third kappa shape index (κ3) is 2.94. The summed E-state index contributed by atoms with van der Waals surface area (Å²) in [6.07, 6.45) is 0. The highest BCUT2D eigenvalue weighted by molar-refractivity contribution is 9.10. The van der Waals surface area contributed by atoms with Crippen LogP contribution in [0.5, 0.6) is 0 Å². The van der Waals surface area contributed by atoms with Crippen molar-refractivity contribution in [2.75, 3.05) is 10.5 Å². The third-order valence-corrected chi connectivity index (χ3v) is 5.11. The maximum atomic E-state index is 13.7. The van der Waals surface area contributed by atoms with Gasteiger partial charge in [-0.3, -0.25) is 4.72 Å². The molecule has 0 amide bonds. The number of nitrogens with two attached hydrogens (primary N) is 1. The first-order chi connectivity index (χ1) is 9.31. The highest BCUT2D eigenvalue weighted by atomic mass is 79.9. The minimum atomic E-state index is -4.04. The second-order valence-electron chi connectivity index (χ2n) is 4.23. The Kier molecular flexibility index (Phi) is 4.01. The molecule has 106 valence electrons. The second-order valence-corrected chi connectivity index (χ2v) is 6.68. The summed E-state index contributed by atoms with van der Waals surface area (Å²) in [7, 11) is -4.04. The number of benzene rings is 2. The van der Waals surface area contributed by atoms with Gasteiger partial charge >= 0.3 is 0 Å². The molecule has 2 aromatic rings. The van der Waals surface area contributed by atoms with E-state index in [0.717, 1.165) is 17.7 Å².